The molecule has 1 aliphatic rings. The van der Waals surface area contributed by atoms with Crippen molar-refractivity contribution in [3.8, 4) is 11.5 Å². The molecule has 1 aromatic heterocycles. The van der Waals surface area contributed by atoms with Crippen molar-refractivity contribution in [3.63, 3.8) is 0 Å². The van der Waals surface area contributed by atoms with Crippen molar-refractivity contribution >= 4 is 29.7 Å². The maximum absolute atomic E-state index is 12.9. The Kier molecular flexibility index (Phi) is 8.57. The van der Waals surface area contributed by atoms with E-state index < -0.39 is 0 Å². The molecule has 2 aromatic rings. The van der Waals surface area contributed by atoms with Crippen molar-refractivity contribution in [3.05, 3.63) is 45.6 Å². The summed E-state index contributed by atoms with van der Waals surface area (Å²) in [5, 5.41) is 5.20. The number of hydrogen-bond acceptors (Lipinski definition) is 6. The number of amides is 1. The number of ether oxygens (including phenoxy) is 3. The monoisotopic (exact) mass is 426 g/mol. The number of rotatable bonds is 8. The van der Waals surface area contributed by atoms with Crippen molar-refractivity contribution in [2.45, 2.75) is 12.5 Å². The van der Waals surface area contributed by atoms with Gasteiger partial charge in [-0.1, -0.05) is 6.07 Å². The maximum Gasteiger partial charge on any atom is 0.237 e. The minimum Gasteiger partial charge on any atom is -0.493 e. The fourth-order valence-electron chi connectivity index (χ4n) is 3.44. The summed E-state index contributed by atoms with van der Waals surface area (Å²) in [5.74, 6) is 1.50. The van der Waals surface area contributed by atoms with Crippen molar-refractivity contribution in [2.24, 2.45) is 0 Å². The molecule has 0 saturated carbocycles. The van der Waals surface area contributed by atoms with E-state index >= 15 is 0 Å². The molecule has 3 rings (SSSR count). The minimum atomic E-state index is -0.106. The summed E-state index contributed by atoms with van der Waals surface area (Å²) in [5.41, 5.74) is 2.30. The minimum absolute atomic E-state index is 0. The summed E-state index contributed by atoms with van der Waals surface area (Å²) in [4.78, 5) is 16.0. The summed E-state index contributed by atoms with van der Waals surface area (Å²) in [7, 11) is 4.93. The quantitative estimate of drug-likeness (QED) is 0.658. The normalized spacial score (nSPS) is 15.5. The molecule has 1 N–H and O–H groups in total. The number of methoxy groups -OCH3 is 3. The van der Waals surface area contributed by atoms with Gasteiger partial charge in [-0.2, -0.15) is 0 Å². The lowest BCUT2D eigenvalue weighted by Gasteiger charge is -2.37. The highest BCUT2D eigenvalue weighted by atomic mass is 35.5. The summed E-state index contributed by atoms with van der Waals surface area (Å²) in [6, 6.07) is 8.04. The van der Waals surface area contributed by atoms with Crippen LogP contribution in [0.4, 0.5) is 0 Å². The first kappa shape index (κ1) is 22.5. The van der Waals surface area contributed by atoms with Crippen molar-refractivity contribution in [2.75, 3.05) is 47.6 Å². The van der Waals surface area contributed by atoms with E-state index in [1.54, 1.807) is 32.7 Å². The van der Waals surface area contributed by atoms with Crippen LogP contribution < -0.4 is 14.8 Å². The number of benzene rings is 1. The first-order valence-corrected chi connectivity index (χ1v) is 9.84. The fourth-order valence-corrected chi connectivity index (χ4v) is 4.29. The highest BCUT2D eigenvalue weighted by Gasteiger charge is 2.33. The molecule has 0 spiro atoms. The van der Waals surface area contributed by atoms with E-state index in [0.29, 0.717) is 32.0 Å². The van der Waals surface area contributed by atoms with Crippen LogP contribution in [-0.2, 0) is 16.0 Å². The summed E-state index contributed by atoms with van der Waals surface area (Å²) < 4.78 is 16.0. The number of thiophene rings is 1. The van der Waals surface area contributed by atoms with Crippen LogP contribution in [0.2, 0.25) is 0 Å². The van der Waals surface area contributed by atoms with E-state index in [4.69, 9.17) is 14.2 Å². The highest BCUT2D eigenvalue weighted by molar-refractivity contribution is 7.10. The van der Waals surface area contributed by atoms with Gasteiger partial charge in [0.15, 0.2) is 11.5 Å². The number of halogens is 1. The molecule has 154 valence electrons. The third-order valence-electron chi connectivity index (χ3n) is 4.77. The lowest BCUT2D eigenvalue weighted by molar-refractivity contribution is -0.132. The molecule has 1 aromatic carbocycles. The topological polar surface area (TPSA) is 60.0 Å². The van der Waals surface area contributed by atoms with E-state index in [1.807, 2.05) is 28.5 Å². The van der Waals surface area contributed by atoms with Crippen molar-refractivity contribution in [1.29, 1.82) is 0 Å². The Hall–Kier alpha value is -1.80. The van der Waals surface area contributed by atoms with Gasteiger partial charge in [-0.15, -0.1) is 23.7 Å². The average Bonchev–Trinajstić information content (AvgIpc) is 3.23. The van der Waals surface area contributed by atoms with Gasteiger partial charge in [-0.3, -0.25) is 4.79 Å². The van der Waals surface area contributed by atoms with Crippen molar-refractivity contribution < 1.29 is 19.0 Å². The predicted octanol–water partition coefficient (Wildman–Crippen LogP) is 2.90. The molecule has 6 nitrogen and oxygen atoms in total. The molecule has 1 amide bonds. The third-order valence-corrected chi connectivity index (χ3v) is 5.69. The molecule has 0 radical (unpaired) electrons. The van der Waals surface area contributed by atoms with Gasteiger partial charge in [0.05, 0.1) is 33.4 Å². The second kappa shape index (κ2) is 10.7. The van der Waals surface area contributed by atoms with Gasteiger partial charge in [0.25, 0.3) is 0 Å². The Labute approximate surface area is 176 Å². The number of fused-ring (bicyclic) bond motifs is 1. The smallest absolute Gasteiger partial charge is 0.237 e. The molecule has 1 aliphatic heterocycles. The van der Waals surface area contributed by atoms with Gasteiger partial charge < -0.3 is 24.4 Å². The van der Waals surface area contributed by atoms with Crippen LogP contribution in [0.3, 0.4) is 0 Å². The first-order valence-electron chi connectivity index (χ1n) is 8.97. The Morgan fingerprint density at radius 1 is 1.25 bits per heavy atom. The first-order chi connectivity index (χ1) is 13.2. The molecular formula is C20H27ClN2O4S. The summed E-state index contributed by atoms with van der Waals surface area (Å²) in [6.45, 7) is 2.21. The standard InChI is InChI=1S/C20H26N2O4S.ClH/c1-24-9-7-21-13-19(23)22-8-6-14-11-16(25-2)17(26-3)12-15(14)20(22)18-5-4-10-27-18;/h4-5,10-12,20-21H,6-9,13H2,1-3H3;1H. The van der Waals surface area contributed by atoms with E-state index in [-0.39, 0.29) is 24.4 Å². The zero-order valence-corrected chi connectivity index (χ0v) is 18.0. The average molecular weight is 427 g/mol. The van der Waals surface area contributed by atoms with Crippen LogP contribution in [0, 0.1) is 0 Å². The number of carbonyl (C=O) groups is 1. The van der Waals surface area contributed by atoms with Gasteiger partial charge in [-0.25, -0.2) is 0 Å². The van der Waals surface area contributed by atoms with Gasteiger partial charge in [0.2, 0.25) is 5.91 Å². The van der Waals surface area contributed by atoms with Gasteiger partial charge in [0.1, 0.15) is 0 Å². The molecule has 8 heteroatoms. The molecular weight excluding hydrogens is 400 g/mol. The summed E-state index contributed by atoms with van der Waals surface area (Å²) in [6.07, 6.45) is 0.793. The molecule has 1 atom stereocenters. The van der Waals surface area contributed by atoms with Gasteiger partial charge >= 0.3 is 0 Å². The Balaban J connectivity index is 0.00000280. The number of nitrogens with one attached hydrogen (secondary N) is 1. The van der Waals surface area contributed by atoms with Crippen LogP contribution in [-0.4, -0.2) is 58.4 Å². The van der Waals surface area contributed by atoms with Crippen molar-refractivity contribution in [1.82, 2.24) is 10.2 Å². The Morgan fingerprint density at radius 3 is 2.64 bits per heavy atom. The highest BCUT2D eigenvalue weighted by Crippen LogP contribution is 2.42. The lowest BCUT2D eigenvalue weighted by Crippen LogP contribution is -2.44. The van der Waals surface area contributed by atoms with E-state index in [9.17, 15) is 4.79 Å². The zero-order valence-electron chi connectivity index (χ0n) is 16.4. The number of hydrogen-bond donors (Lipinski definition) is 1. The predicted molar refractivity (Wildman–Crippen MR) is 113 cm³/mol. The Bertz CT molecular complexity index is 770. The third kappa shape index (κ3) is 4.78. The van der Waals surface area contributed by atoms with Crippen LogP contribution in [0.5, 0.6) is 11.5 Å². The van der Waals surface area contributed by atoms with E-state index in [1.165, 1.54) is 5.56 Å². The van der Waals surface area contributed by atoms with Crippen LogP contribution in [0.1, 0.15) is 22.0 Å². The molecule has 0 fully saturated rings. The number of nitrogens with zero attached hydrogens (tertiary/aromatic N) is 1. The molecule has 28 heavy (non-hydrogen) atoms. The van der Waals surface area contributed by atoms with Gasteiger partial charge in [-0.05, 0) is 41.1 Å². The van der Waals surface area contributed by atoms with Crippen LogP contribution in [0.15, 0.2) is 29.6 Å². The SMILES string of the molecule is COCCNCC(=O)N1CCc2cc(OC)c(OC)cc2C1c1cccs1.Cl. The zero-order chi connectivity index (χ0) is 19.2. The Morgan fingerprint density at radius 2 is 2.00 bits per heavy atom. The molecule has 0 bridgehead atoms. The van der Waals surface area contributed by atoms with E-state index in [2.05, 4.69) is 11.4 Å². The van der Waals surface area contributed by atoms with Crippen LogP contribution in [0.25, 0.3) is 0 Å². The maximum atomic E-state index is 12.9. The van der Waals surface area contributed by atoms with Gasteiger partial charge in [0, 0.05) is 25.1 Å². The summed E-state index contributed by atoms with van der Waals surface area (Å²) >= 11 is 1.66. The number of carbonyl (C=O) groups excluding carboxylic acids is 1. The second-order valence-corrected chi connectivity index (χ2v) is 7.31. The lowest BCUT2D eigenvalue weighted by atomic mass is 9.90. The molecule has 0 aliphatic carbocycles. The molecule has 2 heterocycles. The molecule has 0 saturated heterocycles. The second-order valence-electron chi connectivity index (χ2n) is 6.33. The fraction of sp³-hybridized carbons (Fsp3) is 0.450. The molecule has 1 unspecified atom stereocenters. The largest absolute Gasteiger partial charge is 0.493 e. The van der Waals surface area contributed by atoms with E-state index in [0.717, 1.165) is 22.6 Å². The van der Waals surface area contributed by atoms with Crippen LogP contribution >= 0.6 is 23.7 Å².